The fourth-order valence-electron chi connectivity index (χ4n) is 8.46. The van der Waals surface area contributed by atoms with Crippen molar-refractivity contribution in [3.8, 4) is 68.5 Å². The number of benzene rings is 8. The molecule has 11 aromatic rings. The van der Waals surface area contributed by atoms with Crippen molar-refractivity contribution in [3.63, 3.8) is 0 Å². The molecule has 7 nitrogen and oxygen atoms in total. The molecule has 0 amide bonds. The topological polar surface area (TPSA) is 67.0 Å². The summed E-state index contributed by atoms with van der Waals surface area (Å²) in [4.78, 5) is 15.1. The summed E-state index contributed by atoms with van der Waals surface area (Å²) in [6.07, 6.45) is 0. The molecule has 0 saturated carbocycles. The molecule has 0 bridgehead atoms. The SMILES string of the molecule is c1ccc(-c2nc(-c3ccccc3)nc(-c3cccc(-n4c5ccccc5c5ccc6c(c7ccc8c(c7n6-c6ccccc6)Oc6ccccc6O8)c54)c3)n2)cc1. The zero-order valence-electron chi connectivity index (χ0n) is 31.0. The normalized spacial score (nSPS) is 12.1. The van der Waals surface area contributed by atoms with Gasteiger partial charge in [0.15, 0.2) is 40.5 Å². The summed E-state index contributed by atoms with van der Waals surface area (Å²) in [7, 11) is 0. The number of para-hydroxylation sites is 4. The van der Waals surface area contributed by atoms with Gasteiger partial charge >= 0.3 is 0 Å². The second-order valence-electron chi connectivity index (χ2n) is 14.4. The summed E-state index contributed by atoms with van der Waals surface area (Å²) >= 11 is 0. The van der Waals surface area contributed by atoms with Gasteiger partial charge in [0, 0.05) is 49.6 Å². The van der Waals surface area contributed by atoms with Crippen LogP contribution in [0.3, 0.4) is 0 Å². The van der Waals surface area contributed by atoms with Crippen molar-refractivity contribution in [1.29, 1.82) is 0 Å². The largest absolute Gasteiger partial charge is 0.449 e. The molecular weight excluding hydrogens is 715 g/mol. The first-order valence-electron chi connectivity index (χ1n) is 19.3. The van der Waals surface area contributed by atoms with E-state index in [1.165, 1.54) is 0 Å². The van der Waals surface area contributed by atoms with Crippen molar-refractivity contribution in [3.05, 3.63) is 188 Å². The highest BCUT2D eigenvalue weighted by Crippen LogP contribution is 2.52. The van der Waals surface area contributed by atoms with Crippen LogP contribution >= 0.6 is 0 Å². The lowest BCUT2D eigenvalue weighted by Crippen LogP contribution is -2.01. The van der Waals surface area contributed by atoms with Crippen LogP contribution in [0.15, 0.2) is 188 Å². The molecule has 3 aromatic heterocycles. The molecule has 0 fully saturated rings. The summed E-state index contributed by atoms with van der Waals surface area (Å²) < 4.78 is 17.9. The van der Waals surface area contributed by atoms with E-state index in [1.807, 2.05) is 97.1 Å². The van der Waals surface area contributed by atoms with Crippen molar-refractivity contribution < 1.29 is 9.47 Å². The van der Waals surface area contributed by atoms with E-state index >= 15 is 0 Å². The Morgan fingerprint density at radius 3 is 1.62 bits per heavy atom. The van der Waals surface area contributed by atoms with Gasteiger partial charge in [-0.25, -0.2) is 15.0 Å². The van der Waals surface area contributed by atoms with Crippen LogP contribution in [0.25, 0.3) is 89.2 Å². The van der Waals surface area contributed by atoms with Gasteiger partial charge in [-0.2, -0.15) is 0 Å². The summed E-state index contributed by atoms with van der Waals surface area (Å²) in [6.45, 7) is 0. The molecule has 1 aliphatic rings. The van der Waals surface area contributed by atoms with E-state index in [0.29, 0.717) is 40.5 Å². The molecule has 0 N–H and O–H groups in total. The Kier molecular flexibility index (Phi) is 7.09. The monoisotopic (exact) mass is 745 g/mol. The minimum Gasteiger partial charge on any atom is -0.449 e. The van der Waals surface area contributed by atoms with Crippen LogP contribution in [-0.4, -0.2) is 24.1 Å². The number of aromatic nitrogens is 5. The van der Waals surface area contributed by atoms with Gasteiger partial charge in [-0.15, -0.1) is 0 Å². The van der Waals surface area contributed by atoms with Gasteiger partial charge in [-0.05, 0) is 60.7 Å². The molecule has 0 saturated heterocycles. The smallest absolute Gasteiger partial charge is 0.194 e. The first kappa shape index (κ1) is 32.2. The minimum absolute atomic E-state index is 0.602. The molecule has 0 aliphatic carbocycles. The van der Waals surface area contributed by atoms with Gasteiger partial charge in [0.2, 0.25) is 0 Å². The van der Waals surface area contributed by atoms with Crippen LogP contribution in [0.4, 0.5) is 0 Å². The summed E-state index contributed by atoms with van der Waals surface area (Å²) in [5, 5.41) is 4.48. The molecule has 12 rings (SSSR count). The molecule has 0 radical (unpaired) electrons. The van der Waals surface area contributed by atoms with Crippen LogP contribution in [0.5, 0.6) is 23.0 Å². The van der Waals surface area contributed by atoms with Crippen molar-refractivity contribution in [1.82, 2.24) is 24.1 Å². The second kappa shape index (κ2) is 12.8. The predicted octanol–water partition coefficient (Wildman–Crippen LogP) is 13.0. The van der Waals surface area contributed by atoms with E-state index in [-0.39, 0.29) is 0 Å². The van der Waals surface area contributed by atoms with Crippen LogP contribution in [0.1, 0.15) is 0 Å². The number of hydrogen-bond acceptors (Lipinski definition) is 5. The van der Waals surface area contributed by atoms with E-state index in [9.17, 15) is 0 Å². The standard InChI is InChI=1S/C51H31N5O2/c1-4-15-32(16-5-1)49-52-50(33-17-6-2-7-18-33)54-51(53-49)34-19-14-22-36(31-34)56-40-24-11-10-23-37(40)38-27-29-41-45(46(38)56)39-28-30-44-48(58-43-26-13-12-25-42(43)57-44)47(39)55(41)35-20-8-3-9-21-35/h1-31H. The lowest BCUT2D eigenvalue weighted by molar-refractivity contribution is 0.362. The summed E-state index contributed by atoms with van der Waals surface area (Å²) in [5.74, 6) is 4.60. The van der Waals surface area contributed by atoms with Crippen LogP contribution in [0.2, 0.25) is 0 Å². The Morgan fingerprint density at radius 2 is 0.897 bits per heavy atom. The van der Waals surface area contributed by atoms with Gasteiger partial charge in [-0.3, -0.25) is 0 Å². The van der Waals surface area contributed by atoms with E-state index in [0.717, 1.165) is 71.7 Å². The van der Waals surface area contributed by atoms with Crippen LogP contribution < -0.4 is 9.47 Å². The van der Waals surface area contributed by atoms with Gasteiger partial charge in [0.1, 0.15) is 5.52 Å². The number of ether oxygens (including phenoxy) is 2. The van der Waals surface area contributed by atoms with Crippen LogP contribution in [0, 0.1) is 0 Å². The molecule has 58 heavy (non-hydrogen) atoms. The van der Waals surface area contributed by atoms with E-state index < -0.39 is 0 Å². The zero-order chi connectivity index (χ0) is 38.2. The Bertz CT molecular complexity index is 3340. The third-order valence-electron chi connectivity index (χ3n) is 11.0. The first-order valence-corrected chi connectivity index (χ1v) is 19.3. The number of fused-ring (bicyclic) bond motifs is 10. The summed E-state index contributed by atoms with van der Waals surface area (Å²) in [5.41, 5.74) is 8.96. The Balaban J connectivity index is 1.14. The second-order valence-corrected chi connectivity index (χ2v) is 14.4. The van der Waals surface area contributed by atoms with Gasteiger partial charge in [-0.1, -0.05) is 127 Å². The lowest BCUT2D eigenvalue weighted by atomic mass is 10.1. The van der Waals surface area contributed by atoms with Crippen molar-refractivity contribution in [2.45, 2.75) is 0 Å². The highest BCUT2D eigenvalue weighted by molar-refractivity contribution is 6.27. The molecule has 0 spiro atoms. The fourth-order valence-corrected chi connectivity index (χ4v) is 8.46. The maximum absolute atomic E-state index is 6.74. The minimum atomic E-state index is 0.602. The highest BCUT2D eigenvalue weighted by Gasteiger charge is 2.28. The zero-order valence-corrected chi connectivity index (χ0v) is 31.0. The predicted molar refractivity (Wildman–Crippen MR) is 231 cm³/mol. The number of rotatable bonds is 5. The number of hydrogen-bond donors (Lipinski definition) is 0. The molecule has 7 heteroatoms. The van der Waals surface area contributed by atoms with Crippen LogP contribution in [-0.2, 0) is 0 Å². The molecule has 0 unspecified atom stereocenters. The van der Waals surface area contributed by atoms with E-state index in [2.05, 4.69) is 100 Å². The maximum Gasteiger partial charge on any atom is 0.194 e. The Morgan fingerprint density at radius 1 is 0.345 bits per heavy atom. The first-order chi connectivity index (χ1) is 28.8. The molecule has 4 heterocycles. The number of nitrogens with zero attached hydrogens (tertiary/aromatic N) is 5. The van der Waals surface area contributed by atoms with Gasteiger partial charge in [0.25, 0.3) is 0 Å². The third kappa shape index (κ3) is 4.97. The average molecular weight is 746 g/mol. The van der Waals surface area contributed by atoms with Crippen molar-refractivity contribution >= 4 is 43.6 Å². The highest BCUT2D eigenvalue weighted by atomic mass is 16.6. The Labute approximate surface area is 332 Å². The molecule has 272 valence electrons. The fraction of sp³-hybridized carbons (Fsp3) is 0. The van der Waals surface area contributed by atoms with Crippen molar-refractivity contribution in [2.24, 2.45) is 0 Å². The summed E-state index contributed by atoms with van der Waals surface area (Å²) in [6, 6.07) is 64.3. The van der Waals surface area contributed by atoms with E-state index in [4.69, 9.17) is 24.4 Å². The van der Waals surface area contributed by atoms with Gasteiger partial charge < -0.3 is 18.6 Å². The molecule has 8 aromatic carbocycles. The molecule has 0 atom stereocenters. The Hall–Kier alpha value is -8.03. The molecule has 1 aliphatic heterocycles. The maximum atomic E-state index is 6.74. The quantitative estimate of drug-likeness (QED) is 0.175. The third-order valence-corrected chi connectivity index (χ3v) is 11.0. The average Bonchev–Trinajstić information content (AvgIpc) is 3.82. The van der Waals surface area contributed by atoms with Gasteiger partial charge in [0.05, 0.1) is 16.6 Å². The van der Waals surface area contributed by atoms with E-state index in [1.54, 1.807) is 0 Å². The molecular formula is C51H31N5O2. The lowest BCUT2D eigenvalue weighted by Gasteiger charge is -2.22. The van der Waals surface area contributed by atoms with Crippen molar-refractivity contribution in [2.75, 3.05) is 0 Å².